The molecule has 0 spiro atoms. The number of rotatable bonds is 6. The third kappa shape index (κ3) is 7.65. The minimum absolute atomic E-state index is 0.271. The standard InChI is InChI=1S/C36H40ClN7O3/c1-23-11-8-9-15-27(18-17-23)43-22-30(31(37)42-43)40-34-38-21-25-19-29(24-12-6-5-7-13-24)33(45)44(32(25)41-34)28-16-10-14-26(20-28)39-35(46)47-36(2,3)4/h5-7,10,12-14,16,19-23,27H,8-9,11,15,17-18H2,1-4H3,(H,39,46)(H,38,40,41). The van der Waals surface area contributed by atoms with Crippen LogP contribution in [0.1, 0.15) is 72.3 Å². The molecule has 5 aromatic rings. The lowest BCUT2D eigenvalue weighted by molar-refractivity contribution is 0.0636. The van der Waals surface area contributed by atoms with E-state index in [1.165, 1.54) is 23.8 Å². The lowest BCUT2D eigenvalue weighted by atomic mass is 9.90. The van der Waals surface area contributed by atoms with Crippen LogP contribution >= 0.6 is 11.6 Å². The summed E-state index contributed by atoms with van der Waals surface area (Å²) in [6.45, 7) is 7.71. The van der Waals surface area contributed by atoms with Crippen LogP contribution in [0.5, 0.6) is 0 Å². The molecule has 6 rings (SSSR count). The molecule has 11 heteroatoms. The number of carbonyl (C=O) groups is 1. The first-order valence-electron chi connectivity index (χ1n) is 16.1. The number of hydrogen-bond acceptors (Lipinski definition) is 7. The zero-order valence-corrected chi connectivity index (χ0v) is 27.9. The van der Waals surface area contributed by atoms with Crippen LogP contribution in [0, 0.1) is 5.92 Å². The molecular formula is C36H40ClN7O3. The first-order chi connectivity index (χ1) is 22.5. The average Bonchev–Trinajstić information content (AvgIpc) is 3.37. The maximum Gasteiger partial charge on any atom is 0.412 e. The van der Waals surface area contributed by atoms with E-state index < -0.39 is 11.7 Å². The highest BCUT2D eigenvalue weighted by Crippen LogP contribution is 2.32. The number of halogens is 1. The molecule has 47 heavy (non-hydrogen) atoms. The molecule has 1 aliphatic carbocycles. The van der Waals surface area contributed by atoms with E-state index in [1.807, 2.05) is 41.2 Å². The molecule has 2 atom stereocenters. The van der Waals surface area contributed by atoms with E-state index in [-0.39, 0.29) is 17.5 Å². The maximum absolute atomic E-state index is 14.2. The molecule has 1 amide bonds. The number of nitrogens with zero attached hydrogens (tertiary/aromatic N) is 5. The van der Waals surface area contributed by atoms with Gasteiger partial charge in [0.1, 0.15) is 5.60 Å². The lowest BCUT2D eigenvalue weighted by Gasteiger charge is -2.23. The van der Waals surface area contributed by atoms with E-state index >= 15 is 0 Å². The van der Waals surface area contributed by atoms with Gasteiger partial charge < -0.3 is 10.1 Å². The quantitative estimate of drug-likeness (QED) is 0.188. The van der Waals surface area contributed by atoms with Gasteiger partial charge in [-0.3, -0.25) is 19.4 Å². The van der Waals surface area contributed by atoms with Crippen LogP contribution in [0.2, 0.25) is 5.15 Å². The molecule has 1 fully saturated rings. The Balaban J connectivity index is 1.39. The van der Waals surface area contributed by atoms with E-state index in [0.717, 1.165) is 24.8 Å². The summed E-state index contributed by atoms with van der Waals surface area (Å²) in [5.41, 5.74) is 2.29. The average molecular weight is 654 g/mol. The van der Waals surface area contributed by atoms with Crippen molar-refractivity contribution in [3.05, 3.63) is 88.6 Å². The van der Waals surface area contributed by atoms with E-state index in [4.69, 9.17) is 21.3 Å². The summed E-state index contributed by atoms with van der Waals surface area (Å²) in [7, 11) is 0. The SMILES string of the molecule is CC1CCCCC(n2cc(Nc3ncc4cc(-c5ccccc5)c(=O)n(-c5cccc(NC(=O)OC(C)(C)C)c5)c4n3)c(Cl)n2)CC1. The fraction of sp³-hybridized carbons (Fsp3) is 0.361. The van der Waals surface area contributed by atoms with Crippen LogP contribution in [0.15, 0.2) is 77.9 Å². The lowest BCUT2D eigenvalue weighted by Crippen LogP contribution is -2.27. The molecule has 3 aromatic heterocycles. The highest BCUT2D eigenvalue weighted by Gasteiger charge is 2.21. The number of hydrogen-bond donors (Lipinski definition) is 2. The first kappa shape index (κ1) is 32.2. The Morgan fingerprint density at radius 2 is 1.79 bits per heavy atom. The van der Waals surface area contributed by atoms with E-state index in [0.29, 0.717) is 44.7 Å². The molecule has 0 aliphatic heterocycles. The van der Waals surface area contributed by atoms with Gasteiger partial charge in [-0.1, -0.05) is 74.2 Å². The largest absolute Gasteiger partial charge is 0.444 e. The van der Waals surface area contributed by atoms with Gasteiger partial charge in [0.2, 0.25) is 5.95 Å². The van der Waals surface area contributed by atoms with Gasteiger partial charge in [-0.15, -0.1) is 0 Å². The maximum atomic E-state index is 14.2. The monoisotopic (exact) mass is 653 g/mol. The van der Waals surface area contributed by atoms with Gasteiger partial charge >= 0.3 is 6.09 Å². The number of nitrogens with one attached hydrogen (secondary N) is 2. The van der Waals surface area contributed by atoms with Crippen molar-refractivity contribution < 1.29 is 9.53 Å². The molecule has 1 saturated carbocycles. The Morgan fingerprint density at radius 1 is 1.00 bits per heavy atom. The van der Waals surface area contributed by atoms with Gasteiger partial charge in [0.05, 0.1) is 23.6 Å². The minimum atomic E-state index is -0.661. The van der Waals surface area contributed by atoms with Gasteiger partial charge in [-0.25, -0.2) is 9.78 Å². The summed E-state index contributed by atoms with van der Waals surface area (Å²) in [6.07, 6.45) is 9.98. The van der Waals surface area contributed by atoms with Crippen LogP contribution in [0.4, 0.5) is 22.1 Å². The van der Waals surface area contributed by atoms with Crippen molar-refractivity contribution in [3.8, 4) is 16.8 Å². The zero-order chi connectivity index (χ0) is 33.1. The van der Waals surface area contributed by atoms with Crippen molar-refractivity contribution in [1.82, 2.24) is 24.3 Å². The minimum Gasteiger partial charge on any atom is -0.444 e. The molecule has 0 radical (unpaired) electrons. The van der Waals surface area contributed by atoms with Crippen molar-refractivity contribution >= 4 is 46.1 Å². The van der Waals surface area contributed by atoms with E-state index in [1.54, 1.807) is 57.3 Å². The predicted octanol–water partition coefficient (Wildman–Crippen LogP) is 8.92. The Kier molecular flexibility index (Phi) is 9.31. The van der Waals surface area contributed by atoms with Crippen LogP contribution in [-0.2, 0) is 4.74 Å². The molecule has 3 heterocycles. The van der Waals surface area contributed by atoms with Gasteiger partial charge in [-0.2, -0.15) is 10.1 Å². The van der Waals surface area contributed by atoms with Gasteiger partial charge in [0.25, 0.3) is 5.56 Å². The number of fused-ring (bicyclic) bond motifs is 1. The van der Waals surface area contributed by atoms with Crippen molar-refractivity contribution in [2.24, 2.45) is 5.92 Å². The third-order valence-corrected chi connectivity index (χ3v) is 8.64. The molecule has 2 unspecified atom stereocenters. The number of amides is 1. The van der Waals surface area contributed by atoms with Crippen molar-refractivity contribution in [3.63, 3.8) is 0 Å². The van der Waals surface area contributed by atoms with Crippen molar-refractivity contribution in [1.29, 1.82) is 0 Å². The van der Waals surface area contributed by atoms with Gasteiger partial charge in [0.15, 0.2) is 10.8 Å². The van der Waals surface area contributed by atoms with Gasteiger partial charge in [0, 0.05) is 22.8 Å². The second-order valence-corrected chi connectivity index (χ2v) is 13.6. The summed E-state index contributed by atoms with van der Waals surface area (Å²) in [5.74, 6) is 0.982. The predicted molar refractivity (Wildman–Crippen MR) is 187 cm³/mol. The van der Waals surface area contributed by atoms with Crippen LogP contribution in [-0.4, -0.2) is 36.0 Å². The molecule has 0 saturated heterocycles. The second-order valence-electron chi connectivity index (χ2n) is 13.3. The first-order valence-corrected chi connectivity index (χ1v) is 16.5. The Morgan fingerprint density at radius 3 is 2.57 bits per heavy atom. The number of carbonyl (C=O) groups excluding carboxylic acids is 1. The third-order valence-electron chi connectivity index (χ3n) is 8.36. The number of ether oxygens (including phenoxy) is 1. The molecule has 0 bridgehead atoms. The molecular weight excluding hydrogens is 614 g/mol. The normalized spacial score (nSPS) is 17.1. The van der Waals surface area contributed by atoms with E-state index in [9.17, 15) is 9.59 Å². The number of aromatic nitrogens is 5. The summed E-state index contributed by atoms with van der Waals surface area (Å²) >= 11 is 6.62. The van der Waals surface area contributed by atoms with E-state index in [2.05, 4.69) is 27.6 Å². The number of benzene rings is 2. The Hall–Kier alpha value is -4.70. The fourth-order valence-corrected chi connectivity index (χ4v) is 6.21. The van der Waals surface area contributed by atoms with Crippen LogP contribution in [0.3, 0.4) is 0 Å². The summed E-state index contributed by atoms with van der Waals surface area (Å²) in [6, 6.07) is 18.6. The Bertz CT molecular complexity index is 1950. The molecule has 10 nitrogen and oxygen atoms in total. The van der Waals surface area contributed by atoms with Gasteiger partial charge in [-0.05, 0) is 75.8 Å². The molecule has 244 valence electrons. The van der Waals surface area contributed by atoms with Crippen LogP contribution < -0.4 is 16.2 Å². The second kappa shape index (κ2) is 13.6. The molecule has 2 aromatic carbocycles. The smallest absolute Gasteiger partial charge is 0.412 e. The zero-order valence-electron chi connectivity index (χ0n) is 27.2. The van der Waals surface area contributed by atoms with Crippen molar-refractivity contribution in [2.75, 3.05) is 10.6 Å². The number of pyridine rings is 1. The summed E-state index contributed by atoms with van der Waals surface area (Å²) in [5, 5.41) is 11.6. The Labute approximate surface area is 279 Å². The molecule has 1 aliphatic rings. The van der Waals surface area contributed by atoms with Crippen LogP contribution in [0.25, 0.3) is 27.8 Å². The molecule has 2 N–H and O–H groups in total. The highest BCUT2D eigenvalue weighted by atomic mass is 35.5. The van der Waals surface area contributed by atoms with Crippen molar-refractivity contribution in [2.45, 2.75) is 77.9 Å². The summed E-state index contributed by atoms with van der Waals surface area (Å²) in [4.78, 5) is 36.2. The highest BCUT2D eigenvalue weighted by molar-refractivity contribution is 6.32. The fourth-order valence-electron chi connectivity index (χ4n) is 6.03. The number of anilines is 3. The topological polar surface area (TPSA) is 116 Å². The summed E-state index contributed by atoms with van der Waals surface area (Å²) < 4.78 is 8.93.